The van der Waals surface area contributed by atoms with Crippen molar-refractivity contribution < 1.29 is 0 Å². The summed E-state index contributed by atoms with van der Waals surface area (Å²) in [5, 5.41) is 4.97. The van der Waals surface area contributed by atoms with E-state index < -0.39 is 10.8 Å². The van der Waals surface area contributed by atoms with Crippen molar-refractivity contribution in [3.05, 3.63) is 281 Å². The Morgan fingerprint density at radius 1 is 0.279 bits per heavy atom. The minimum Gasteiger partial charge on any atom is -0.309 e. The van der Waals surface area contributed by atoms with Crippen LogP contribution in [0.2, 0.25) is 0 Å². The fourth-order valence-electron chi connectivity index (χ4n) is 11.8. The molecule has 1 nitrogen and oxygen atoms in total. The predicted octanol–water partition coefficient (Wildman–Crippen LogP) is 14.7. The van der Waals surface area contributed by atoms with E-state index in [1.807, 2.05) is 0 Å². The van der Waals surface area contributed by atoms with Crippen molar-refractivity contribution in [3.63, 3.8) is 0 Å². The molecule has 0 radical (unpaired) electrons. The molecule has 1 heterocycles. The Labute approximate surface area is 355 Å². The zero-order valence-electron chi connectivity index (χ0n) is 33.5. The first-order valence-corrected chi connectivity index (χ1v) is 21.4. The molecule has 10 aromatic carbocycles. The number of fused-ring (bicyclic) bond motifs is 10. The van der Waals surface area contributed by atoms with Gasteiger partial charge < -0.3 is 4.57 Å². The maximum Gasteiger partial charge on any atom is 0.0720 e. The number of hydrogen-bond acceptors (Lipinski definition) is 0. The monoisotopic (exact) mass is 773 g/mol. The summed E-state index contributed by atoms with van der Waals surface area (Å²) in [5.41, 5.74) is 18.0. The van der Waals surface area contributed by atoms with Crippen LogP contribution in [-0.4, -0.2) is 4.57 Å². The lowest BCUT2D eigenvalue weighted by molar-refractivity contribution is 0.627. The molecule has 1 aromatic heterocycles. The molecule has 284 valence electrons. The van der Waals surface area contributed by atoms with Crippen LogP contribution < -0.4 is 0 Å². The summed E-state index contributed by atoms with van der Waals surface area (Å²) >= 11 is 0. The molecule has 11 aromatic rings. The second-order valence-corrected chi connectivity index (χ2v) is 16.7. The van der Waals surface area contributed by atoms with E-state index in [0.717, 1.165) is 5.69 Å². The summed E-state index contributed by atoms with van der Waals surface area (Å²) in [5.74, 6) is 0. The largest absolute Gasteiger partial charge is 0.309 e. The molecule has 0 amide bonds. The number of para-hydroxylation sites is 2. The summed E-state index contributed by atoms with van der Waals surface area (Å²) < 4.78 is 2.46. The number of hydrogen-bond donors (Lipinski definition) is 0. The van der Waals surface area contributed by atoms with Crippen molar-refractivity contribution in [2.45, 2.75) is 10.8 Å². The molecule has 2 aliphatic carbocycles. The Balaban J connectivity index is 1.20. The van der Waals surface area contributed by atoms with E-state index in [1.54, 1.807) is 0 Å². The van der Waals surface area contributed by atoms with Crippen molar-refractivity contribution >= 4 is 32.6 Å². The van der Waals surface area contributed by atoms with Crippen molar-refractivity contribution in [1.82, 2.24) is 4.57 Å². The molecule has 0 spiro atoms. The SMILES string of the molecule is c1ccc(-n2c3ccccc3c3cc(-c4ccccc4C4(c5ccccc5)c5ccccc5C5(c6ccccc6)c6ccccc6-c6cccc4c65)c4ccccc4c32)cc1. The van der Waals surface area contributed by atoms with Gasteiger partial charge in [-0.25, -0.2) is 0 Å². The Morgan fingerprint density at radius 2 is 0.738 bits per heavy atom. The fourth-order valence-corrected chi connectivity index (χ4v) is 11.8. The first-order chi connectivity index (χ1) is 30.3. The van der Waals surface area contributed by atoms with Crippen LogP contribution in [0.1, 0.15) is 44.5 Å². The first-order valence-electron chi connectivity index (χ1n) is 21.4. The number of benzene rings is 10. The molecule has 13 rings (SSSR count). The van der Waals surface area contributed by atoms with Crippen LogP contribution in [0, 0.1) is 0 Å². The van der Waals surface area contributed by atoms with Crippen molar-refractivity contribution in [2.24, 2.45) is 0 Å². The molecule has 0 saturated carbocycles. The molecule has 0 bridgehead atoms. The van der Waals surface area contributed by atoms with Crippen molar-refractivity contribution in [2.75, 3.05) is 0 Å². The first kappa shape index (κ1) is 34.2. The normalized spacial score (nSPS) is 17.3. The Bertz CT molecular complexity index is 3530. The van der Waals surface area contributed by atoms with E-state index in [4.69, 9.17) is 0 Å². The minimum absolute atomic E-state index is 0.502. The van der Waals surface area contributed by atoms with E-state index in [-0.39, 0.29) is 0 Å². The van der Waals surface area contributed by atoms with Crippen LogP contribution in [0.3, 0.4) is 0 Å². The van der Waals surface area contributed by atoms with Gasteiger partial charge in [0.15, 0.2) is 0 Å². The van der Waals surface area contributed by atoms with Gasteiger partial charge in [-0.15, -0.1) is 0 Å². The van der Waals surface area contributed by atoms with Gasteiger partial charge in [0, 0.05) is 21.8 Å². The summed E-state index contributed by atoms with van der Waals surface area (Å²) in [4.78, 5) is 0. The quantitative estimate of drug-likeness (QED) is 0.164. The third-order valence-electron chi connectivity index (χ3n) is 13.9. The zero-order chi connectivity index (χ0) is 40.1. The highest BCUT2D eigenvalue weighted by Crippen LogP contribution is 2.66. The molecule has 61 heavy (non-hydrogen) atoms. The third kappa shape index (κ3) is 4.40. The topological polar surface area (TPSA) is 4.93 Å². The second kappa shape index (κ2) is 12.9. The number of nitrogens with zero attached hydrogens (tertiary/aromatic N) is 1. The summed E-state index contributed by atoms with van der Waals surface area (Å²) in [6.07, 6.45) is 0. The van der Waals surface area contributed by atoms with Crippen LogP contribution >= 0.6 is 0 Å². The van der Waals surface area contributed by atoms with Crippen LogP contribution in [-0.2, 0) is 10.8 Å². The average Bonchev–Trinajstić information content (AvgIpc) is 3.84. The predicted molar refractivity (Wildman–Crippen MR) is 253 cm³/mol. The Hall–Kier alpha value is -7.74. The molecule has 2 atom stereocenters. The summed E-state index contributed by atoms with van der Waals surface area (Å²) in [6.45, 7) is 0. The highest BCUT2D eigenvalue weighted by Gasteiger charge is 2.57. The minimum atomic E-state index is -0.672. The lowest BCUT2D eigenvalue weighted by Crippen LogP contribution is -2.44. The van der Waals surface area contributed by atoms with Crippen LogP contribution in [0.25, 0.3) is 60.5 Å². The van der Waals surface area contributed by atoms with Crippen LogP contribution in [0.15, 0.2) is 237 Å². The summed E-state index contributed by atoms with van der Waals surface area (Å²) in [6, 6.07) is 88.7. The second-order valence-electron chi connectivity index (χ2n) is 16.7. The van der Waals surface area contributed by atoms with Gasteiger partial charge in [0.05, 0.1) is 21.9 Å². The summed E-state index contributed by atoms with van der Waals surface area (Å²) in [7, 11) is 0. The van der Waals surface area contributed by atoms with Gasteiger partial charge >= 0.3 is 0 Å². The highest BCUT2D eigenvalue weighted by atomic mass is 15.0. The lowest BCUT2D eigenvalue weighted by atomic mass is 9.51. The van der Waals surface area contributed by atoms with E-state index in [9.17, 15) is 0 Å². The van der Waals surface area contributed by atoms with Gasteiger partial charge in [0.2, 0.25) is 0 Å². The molecule has 0 saturated heterocycles. The molecule has 0 fully saturated rings. The fraction of sp³-hybridized carbons (Fsp3) is 0.0333. The zero-order valence-corrected chi connectivity index (χ0v) is 33.5. The Morgan fingerprint density at radius 3 is 1.43 bits per heavy atom. The molecule has 1 heteroatoms. The molecule has 0 aliphatic heterocycles. The average molecular weight is 774 g/mol. The Kier molecular flexibility index (Phi) is 7.21. The maximum atomic E-state index is 2.49. The van der Waals surface area contributed by atoms with E-state index in [2.05, 4.69) is 241 Å². The lowest BCUT2D eigenvalue weighted by Gasteiger charge is -2.50. The van der Waals surface area contributed by atoms with E-state index >= 15 is 0 Å². The van der Waals surface area contributed by atoms with Gasteiger partial charge in [0.1, 0.15) is 0 Å². The van der Waals surface area contributed by atoms with E-state index in [0.29, 0.717) is 0 Å². The van der Waals surface area contributed by atoms with Gasteiger partial charge in [-0.1, -0.05) is 212 Å². The standard InChI is InChI=1S/C60H39N/c1-4-21-40(22-5-1)59(53-35-17-18-36-54(53)60(41-23-6-2-7-24-41)52-34-16-12-28-44(52)47-32-20-37-55(59)57(47)60)51-33-15-13-29-45(51)49-39-50-46-30-14-19-38-56(46)61(42-25-8-3-9-26-42)58(50)48-31-11-10-27-43(48)49/h1-39H. The van der Waals surface area contributed by atoms with Gasteiger partial charge in [-0.2, -0.15) is 0 Å². The van der Waals surface area contributed by atoms with Crippen molar-refractivity contribution in [3.8, 4) is 27.9 Å². The third-order valence-corrected chi connectivity index (χ3v) is 13.9. The number of aromatic nitrogens is 1. The smallest absolute Gasteiger partial charge is 0.0720 e. The maximum absolute atomic E-state index is 2.49. The van der Waals surface area contributed by atoms with E-state index in [1.165, 1.54) is 99.3 Å². The number of rotatable bonds is 5. The van der Waals surface area contributed by atoms with Crippen LogP contribution in [0.4, 0.5) is 0 Å². The molecule has 2 aliphatic rings. The van der Waals surface area contributed by atoms with Crippen LogP contribution in [0.5, 0.6) is 0 Å². The molecule has 0 N–H and O–H groups in total. The van der Waals surface area contributed by atoms with Gasteiger partial charge in [-0.05, 0) is 96.4 Å². The van der Waals surface area contributed by atoms with Crippen molar-refractivity contribution in [1.29, 1.82) is 0 Å². The highest BCUT2D eigenvalue weighted by molar-refractivity contribution is 6.22. The van der Waals surface area contributed by atoms with Gasteiger partial charge in [0.25, 0.3) is 0 Å². The van der Waals surface area contributed by atoms with Gasteiger partial charge in [-0.3, -0.25) is 0 Å². The molecular weight excluding hydrogens is 735 g/mol. The molecular formula is C60H39N. The molecule has 2 unspecified atom stereocenters.